The molecule has 0 radical (unpaired) electrons. The van der Waals surface area contributed by atoms with Gasteiger partial charge in [0, 0.05) is 18.2 Å². The zero-order valence-electron chi connectivity index (χ0n) is 12.7. The number of hydrogen-bond acceptors (Lipinski definition) is 2. The van der Waals surface area contributed by atoms with Crippen molar-refractivity contribution in [2.75, 3.05) is 13.7 Å². The Bertz CT molecular complexity index is 510. The molecule has 2 rings (SSSR count). The fourth-order valence-electron chi connectivity index (χ4n) is 3.07. The van der Waals surface area contributed by atoms with E-state index in [1.807, 2.05) is 6.07 Å². The summed E-state index contributed by atoms with van der Waals surface area (Å²) in [6.45, 7) is 0.546. The van der Waals surface area contributed by atoms with E-state index >= 15 is 0 Å². The van der Waals surface area contributed by atoms with Gasteiger partial charge in [-0.3, -0.25) is 4.90 Å². The molecule has 1 aliphatic carbocycles. The molecule has 0 spiro atoms. The lowest BCUT2D eigenvalue weighted by molar-refractivity contribution is 0.213. The highest BCUT2D eigenvalue weighted by molar-refractivity contribution is 5.37. The van der Waals surface area contributed by atoms with Crippen molar-refractivity contribution in [3.8, 4) is 11.8 Å². The van der Waals surface area contributed by atoms with Gasteiger partial charge in [0.2, 0.25) is 0 Å². The lowest BCUT2D eigenvalue weighted by Crippen LogP contribution is -2.30. The Labute approximate surface area is 127 Å². The molecular formula is C18H24FNO. The van der Waals surface area contributed by atoms with E-state index < -0.39 is 0 Å². The van der Waals surface area contributed by atoms with Crippen molar-refractivity contribution in [2.45, 2.75) is 51.1 Å². The summed E-state index contributed by atoms with van der Waals surface area (Å²) in [7, 11) is 2.12. The van der Waals surface area contributed by atoms with Gasteiger partial charge in [-0.15, -0.1) is 0 Å². The van der Waals surface area contributed by atoms with Crippen LogP contribution in [0.1, 0.15) is 49.7 Å². The topological polar surface area (TPSA) is 23.5 Å². The Morgan fingerprint density at radius 3 is 2.57 bits per heavy atom. The normalized spacial score (nSPS) is 16.4. The van der Waals surface area contributed by atoms with Gasteiger partial charge in [0.15, 0.2) is 0 Å². The molecule has 1 N–H and O–H groups in total. The Morgan fingerprint density at radius 2 is 1.90 bits per heavy atom. The predicted molar refractivity (Wildman–Crippen MR) is 83.3 cm³/mol. The highest BCUT2D eigenvalue weighted by atomic mass is 19.1. The summed E-state index contributed by atoms with van der Waals surface area (Å²) in [6.07, 6.45) is 7.75. The molecule has 0 bridgehead atoms. The van der Waals surface area contributed by atoms with E-state index in [1.165, 1.54) is 44.6 Å². The minimum atomic E-state index is -0.260. The van der Waals surface area contributed by atoms with Gasteiger partial charge in [0.25, 0.3) is 0 Å². The third kappa shape index (κ3) is 5.15. The molecule has 1 saturated carbocycles. The quantitative estimate of drug-likeness (QED) is 0.681. The van der Waals surface area contributed by atoms with E-state index in [4.69, 9.17) is 5.11 Å². The van der Waals surface area contributed by atoms with E-state index in [0.717, 1.165) is 12.1 Å². The van der Waals surface area contributed by atoms with Gasteiger partial charge < -0.3 is 5.11 Å². The molecule has 2 nitrogen and oxygen atoms in total. The molecular weight excluding hydrogens is 265 g/mol. The molecule has 3 heteroatoms. The van der Waals surface area contributed by atoms with Crippen molar-refractivity contribution >= 4 is 0 Å². The lowest BCUT2D eigenvalue weighted by Gasteiger charge is -2.27. The second-order valence-corrected chi connectivity index (χ2v) is 5.87. The van der Waals surface area contributed by atoms with Crippen molar-refractivity contribution < 1.29 is 9.50 Å². The van der Waals surface area contributed by atoms with Crippen molar-refractivity contribution in [3.05, 3.63) is 35.1 Å². The summed E-state index contributed by atoms with van der Waals surface area (Å²) in [5.41, 5.74) is 1.58. The van der Waals surface area contributed by atoms with Gasteiger partial charge >= 0.3 is 0 Å². The summed E-state index contributed by atoms with van der Waals surface area (Å²) in [5.74, 6) is 5.09. The van der Waals surface area contributed by atoms with Crippen LogP contribution >= 0.6 is 0 Å². The molecule has 1 aromatic carbocycles. The minimum absolute atomic E-state index is 0.201. The highest BCUT2D eigenvalue weighted by Crippen LogP contribution is 2.22. The number of rotatable bonds is 3. The van der Waals surface area contributed by atoms with Crippen LogP contribution in [0.15, 0.2) is 18.2 Å². The first-order valence-corrected chi connectivity index (χ1v) is 7.78. The van der Waals surface area contributed by atoms with E-state index in [1.54, 1.807) is 6.07 Å². The summed E-state index contributed by atoms with van der Waals surface area (Å²) < 4.78 is 13.7. The van der Waals surface area contributed by atoms with Crippen molar-refractivity contribution in [3.63, 3.8) is 0 Å². The van der Waals surface area contributed by atoms with Gasteiger partial charge in [-0.2, -0.15) is 0 Å². The molecule has 0 unspecified atom stereocenters. The first-order valence-electron chi connectivity index (χ1n) is 7.78. The first-order chi connectivity index (χ1) is 10.2. The van der Waals surface area contributed by atoms with Crippen LogP contribution in [-0.2, 0) is 6.54 Å². The molecule has 114 valence electrons. The largest absolute Gasteiger partial charge is 0.384 e. The SMILES string of the molecule is CN(Cc1cc(F)cc(C#CCO)c1)C1CCCCCC1. The number of benzene rings is 1. The molecule has 0 aromatic heterocycles. The summed E-state index contributed by atoms with van der Waals surface area (Å²) in [5, 5.41) is 8.73. The molecule has 1 fully saturated rings. The maximum absolute atomic E-state index is 13.7. The van der Waals surface area contributed by atoms with Gasteiger partial charge in [-0.25, -0.2) is 4.39 Å². The second kappa shape index (κ2) is 8.17. The first kappa shape index (κ1) is 16.0. The maximum Gasteiger partial charge on any atom is 0.124 e. The Hall–Kier alpha value is -1.37. The van der Waals surface area contributed by atoms with E-state index in [9.17, 15) is 4.39 Å². The van der Waals surface area contributed by atoms with Crippen molar-refractivity contribution in [1.82, 2.24) is 4.90 Å². The number of aliphatic hydroxyl groups excluding tert-OH is 1. The smallest absolute Gasteiger partial charge is 0.124 e. The fraction of sp³-hybridized carbons (Fsp3) is 0.556. The molecule has 0 saturated heterocycles. The average molecular weight is 289 g/mol. The van der Waals surface area contributed by atoms with E-state index in [2.05, 4.69) is 23.8 Å². The van der Waals surface area contributed by atoms with E-state index in [-0.39, 0.29) is 12.4 Å². The molecule has 0 atom stereocenters. The van der Waals surface area contributed by atoms with Gasteiger partial charge in [0.1, 0.15) is 12.4 Å². The zero-order valence-corrected chi connectivity index (χ0v) is 12.7. The number of nitrogens with zero attached hydrogens (tertiary/aromatic N) is 1. The maximum atomic E-state index is 13.7. The van der Waals surface area contributed by atoms with Gasteiger partial charge in [0.05, 0.1) is 0 Å². The van der Waals surface area contributed by atoms with Crippen molar-refractivity contribution in [2.24, 2.45) is 0 Å². The molecule has 0 aliphatic heterocycles. The molecule has 0 amide bonds. The second-order valence-electron chi connectivity index (χ2n) is 5.87. The van der Waals surface area contributed by atoms with Crippen LogP contribution in [0.5, 0.6) is 0 Å². The predicted octanol–water partition coefficient (Wildman–Crippen LogP) is 3.32. The number of aliphatic hydroxyl groups is 1. The number of hydrogen-bond donors (Lipinski definition) is 1. The van der Waals surface area contributed by atoms with Crippen molar-refractivity contribution in [1.29, 1.82) is 0 Å². The Morgan fingerprint density at radius 1 is 1.19 bits per heavy atom. The lowest BCUT2D eigenvalue weighted by atomic mass is 10.1. The van der Waals surface area contributed by atoms with Gasteiger partial charge in [-0.05, 0) is 43.7 Å². The highest BCUT2D eigenvalue weighted by Gasteiger charge is 2.17. The summed E-state index contributed by atoms with van der Waals surface area (Å²) in [4.78, 5) is 2.34. The van der Waals surface area contributed by atoms with Crippen LogP contribution in [0.25, 0.3) is 0 Å². The van der Waals surface area contributed by atoms with Crippen LogP contribution in [0.3, 0.4) is 0 Å². The fourth-order valence-corrected chi connectivity index (χ4v) is 3.07. The zero-order chi connectivity index (χ0) is 15.1. The molecule has 0 heterocycles. The van der Waals surface area contributed by atoms with E-state index in [0.29, 0.717) is 11.6 Å². The minimum Gasteiger partial charge on any atom is -0.384 e. The van der Waals surface area contributed by atoms with Crippen LogP contribution < -0.4 is 0 Å². The third-order valence-electron chi connectivity index (χ3n) is 4.15. The standard InChI is InChI=1S/C18H24FNO/c1-20(18-8-4-2-3-5-9-18)14-16-11-15(7-6-10-21)12-17(19)13-16/h11-13,18,21H,2-5,8-10,14H2,1H3. The van der Waals surface area contributed by atoms with Crippen LogP contribution in [0.2, 0.25) is 0 Å². The molecule has 21 heavy (non-hydrogen) atoms. The Balaban J connectivity index is 2.05. The van der Waals surface area contributed by atoms with Gasteiger partial charge in [-0.1, -0.05) is 37.5 Å². The number of halogens is 1. The molecule has 1 aliphatic rings. The average Bonchev–Trinajstić information content (AvgIpc) is 2.73. The molecule has 1 aromatic rings. The summed E-state index contributed by atoms with van der Waals surface area (Å²) >= 11 is 0. The third-order valence-corrected chi connectivity index (χ3v) is 4.15. The van der Waals surface area contributed by atoms with Crippen LogP contribution in [-0.4, -0.2) is 29.7 Å². The monoisotopic (exact) mass is 289 g/mol. The summed E-state index contributed by atoms with van der Waals surface area (Å²) in [6, 6.07) is 5.51. The van der Waals surface area contributed by atoms with Crippen LogP contribution in [0.4, 0.5) is 4.39 Å². The van der Waals surface area contributed by atoms with Crippen LogP contribution in [0, 0.1) is 17.7 Å². The Kier molecular flexibility index (Phi) is 6.22.